The van der Waals surface area contributed by atoms with Gasteiger partial charge in [0.1, 0.15) is 5.70 Å². The van der Waals surface area contributed by atoms with Crippen molar-refractivity contribution < 1.29 is 9.53 Å². The quantitative estimate of drug-likeness (QED) is 0.582. The Bertz CT molecular complexity index is 357. The fourth-order valence-corrected chi connectivity index (χ4v) is 1.62. The molecular weight excluding hydrogens is 200 g/mol. The first-order valence-electron chi connectivity index (χ1n) is 4.12. The molecule has 0 aliphatic rings. The van der Waals surface area contributed by atoms with Crippen LogP contribution in [0.4, 0.5) is 5.69 Å². The fourth-order valence-electron chi connectivity index (χ4n) is 0.863. The van der Waals surface area contributed by atoms with Crippen molar-refractivity contribution in [1.29, 1.82) is 0 Å². The average Bonchev–Trinajstić information content (AvgIpc) is 2.52. The van der Waals surface area contributed by atoms with E-state index in [-0.39, 0.29) is 5.70 Å². The van der Waals surface area contributed by atoms with Crippen LogP contribution in [0.2, 0.25) is 0 Å². The predicted octanol–water partition coefficient (Wildman–Crippen LogP) is 1.19. The molecule has 0 aliphatic carbocycles. The topological polar surface area (TPSA) is 78.3 Å². The summed E-state index contributed by atoms with van der Waals surface area (Å²) in [7, 11) is 0. The molecule has 14 heavy (non-hydrogen) atoms. The molecule has 0 unspecified atom stereocenters. The van der Waals surface area contributed by atoms with Crippen molar-refractivity contribution in [2.75, 3.05) is 12.3 Å². The van der Waals surface area contributed by atoms with Crippen molar-refractivity contribution in [2.24, 2.45) is 5.73 Å². The molecule has 1 rings (SSSR count). The van der Waals surface area contributed by atoms with Gasteiger partial charge in [-0.3, -0.25) is 0 Å². The van der Waals surface area contributed by atoms with Crippen LogP contribution in [0.3, 0.4) is 0 Å². The Morgan fingerprint density at radius 1 is 1.71 bits per heavy atom. The SMILES string of the molecule is CCOC(=O)/C(N)=C/c1sccc1N. The van der Waals surface area contributed by atoms with E-state index in [0.29, 0.717) is 12.3 Å². The van der Waals surface area contributed by atoms with Crippen molar-refractivity contribution in [1.82, 2.24) is 0 Å². The molecule has 0 aromatic carbocycles. The van der Waals surface area contributed by atoms with Gasteiger partial charge in [0.25, 0.3) is 0 Å². The van der Waals surface area contributed by atoms with Crippen LogP contribution < -0.4 is 11.5 Å². The number of hydrogen-bond donors (Lipinski definition) is 2. The highest BCUT2D eigenvalue weighted by atomic mass is 32.1. The van der Waals surface area contributed by atoms with E-state index in [1.54, 1.807) is 13.0 Å². The average molecular weight is 212 g/mol. The third-order valence-electron chi connectivity index (χ3n) is 1.52. The Labute approximate surface area is 86.2 Å². The summed E-state index contributed by atoms with van der Waals surface area (Å²) < 4.78 is 4.72. The van der Waals surface area contributed by atoms with Gasteiger partial charge in [0.15, 0.2) is 0 Å². The third-order valence-corrected chi connectivity index (χ3v) is 2.40. The van der Waals surface area contributed by atoms with E-state index in [4.69, 9.17) is 16.2 Å². The summed E-state index contributed by atoms with van der Waals surface area (Å²) in [5.41, 5.74) is 11.8. The van der Waals surface area contributed by atoms with Gasteiger partial charge >= 0.3 is 5.97 Å². The molecule has 0 atom stereocenters. The smallest absolute Gasteiger partial charge is 0.354 e. The molecule has 0 saturated heterocycles. The van der Waals surface area contributed by atoms with E-state index in [9.17, 15) is 4.79 Å². The number of nitrogen functional groups attached to an aromatic ring is 1. The molecule has 0 radical (unpaired) electrons. The first-order chi connectivity index (χ1) is 6.65. The van der Waals surface area contributed by atoms with Gasteiger partial charge in [-0.1, -0.05) is 0 Å². The lowest BCUT2D eigenvalue weighted by atomic mass is 10.3. The van der Waals surface area contributed by atoms with Gasteiger partial charge in [-0.05, 0) is 24.4 Å². The lowest BCUT2D eigenvalue weighted by molar-refractivity contribution is -0.138. The lowest BCUT2D eigenvalue weighted by Gasteiger charge is -2.00. The summed E-state index contributed by atoms with van der Waals surface area (Å²) >= 11 is 1.42. The summed E-state index contributed by atoms with van der Waals surface area (Å²) in [5.74, 6) is -0.514. The predicted molar refractivity (Wildman–Crippen MR) is 57.5 cm³/mol. The second-order valence-electron chi connectivity index (χ2n) is 2.56. The third kappa shape index (κ3) is 2.50. The van der Waals surface area contributed by atoms with Crippen LogP contribution in [0.25, 0.3) is 6.08 Å². The minimum Gasteiger partial charge on any atom is -0.461 e. The largest absolute Gasteiger partial charge is 0.461 e. The number of esters is 1. The highest BCUT2D eigenvalue weighted by molar-refractivity contribution is 7.11. The number of hydrogen-bond acceptors (Lipinski definition) is 5. The van der Waals surface area contributed by atoms with Gasteiger partial charge in [-0.15, -0.1) is 11.3 Å². The lowest BCUT2D eigenvalue weighted by Crippen LogP contribution is -2.14. The van der Waals surface area contributed by atoms with Crippen LogP contribution in [0.1, 0.15) is 11.8 Å². The van der Waals surface area contributed by atoms with Crippen LogP contribution in [0.15, 0.2) is 17.1 Å². The van der Waals surface area contributed by atoms with Crippen molar-refractivity contribution in [2.45, 2.75) is 6.92 Å². The monoisotopic (exact) mass is 212 g/mol. The van der Waals surface area contributed by atoms with E-state index in [0.717, 1.165) is 4.88 Å². The zero-order chi connectivity index (χ0) is 10.6. The maximum Gasteiger partial charge on any atom is 0.354 e. The van der Waals surface area contributed by atoms with Gasteiger partial charge in [-0.25, -0.2) is 4.79 Å². The minimum atomic E-state index is -0.514. The van der Waals surface area contributed by atoms with E-state index >= 15 is 0 Å². The number of ether oxygens (including phenoxy) is 1. The number of rotatable bonds is 3. The molecular formula is C9H12N2O2S. The number of thiophene rings is 1. The van der Waals surface area contributed by atoms with Crippen LogP contribution in [0.5, 0.6) is 0 Å². The van der Waals surface area contributed by atoms with Crippen LogP contribution in [-0.4, -0.2) is 12.6 Å². The molecule has 1 aromatic heterocycles. The van der Waals surface area contributed by atoms with Gasteiger partial charge < -0.3 is 16.2 Å². The molecule has 0 saturated carbocycles. The Kier molecular flexibility index (Phi) is 3.53. The van der Waals surface area contributed by atoms with Crippen molar-refractivity contribution in [3.63, 3.8) is 0 Å². The highest BCUT2D eigenvalue weighted by Gasteiger charge is 2.06. The normalized spacial score (nSPS) is 11.4. The molecule has 0 bridgehead atoms. The molecule has 5 heteroatoms. The summed E-state index contributed by atoms with van der Waals surface area (Å²) in [4.78, 5) is 11.9. The summed E-state index contributed by atoms with van der Waals surface area (Å²) in [6.07, 6.45) is 1.53. The van der Waals surface area contributed by atoms with Gasteiger partial charge in [0.2, 0.25) is 0 Å². The zero-order valence-corrected chi connectivity index (χ0v) is 8.64. The van der Waals surface area contributed by atoms with Crippen LogP contribution in [0, 0.1) is 0 Å². The first-order valence-corrected chi connectivity index (χ1v) is 5.00. The molecule has 4 N–H and O–H groups in total. The Morgan fingerprint density at radius 3 is 2.93 bits per heavy atom. The number of carbonyl (C=O) groups is 1. The Balaban J connectivity index is 2.78. The Hall–Kier alpha value is -1.49. The second-order valence-corrected chi connectivity index (χ2v) is 3.51. The second kappa shape index (κ2) is 4.66. The zero-order valence-electron chi connectivity index (χ0n) is 7.82. The van der Waals surface area contributed by atoms with Gasteiger partial charge in [0.05, 0.1) is 11.5 Å². The van der Waals surface area contributed by atoms with Crippen molar-refractivity contribution in [3.8, 4) is 0 Å². The maximum absolute atomic E-state index is 11.1. The number of carbonyl (C=O) groups excluding carboxylic acids is 1. The van der Waals surface area contributed by atoms with Crippen LogP contribution in [-0.2, 0) is 9.53 Å². The van der Waals surface area contributed by atoms with Crippen LogP contribution >= 0.6 is 11.3 Å². The molecule has 0 spiro atoms. The molecule has 0 fully saturated rings. The van der Waals surface area contributed by atoms with E-state index in [2.05, 4.69) is 0 Å². The molecule has 4 nitrogen and oxygen atoms in total. The van der Waals surface area contributed by atoms with E-state index in [1.807, 2.05) is 5.38 Å². The molecule has 1 heterocycles. The number of nitrogens with two attached hydrogens (primary N) is 2. The summed E-state index contributed by atoms with van der Waals surface area (Å²) in [6, 6.07) is 1.76. The maximum atomic E-state index is 11.1. The van der Waals surface area contributed by atoms with Crippen molar-refractivity contribution in [3.05, 3.63) is 22.0 Å². The molecule has 0 amide bonds. The summed E-state index contributed by atoms with van der Waals surface area (Å²) in [5, 5.41) is 1.83. The number of anilines is 1. The standard InChI is InChI=1S/C9H12N2O2S/c1-2-13-9(12)7(11)5-8-6(10)3-4-14-8/h3-5H,2,10-11H2,1H3/b7-5-. The molecule has 76 valence electrons. The molecule has 1 aromatic rings. The minimum absolute atomic E-state index is 0.0704. The first kappa shape index (κ1) is 10.6. The summed E-state index contributed by atoms with van der Waals surface area (Å²) in [6.45, 7) is 2.04. The van der Waals surface area contributed by atoms with E-state index in [1.165, 1.54) is 17.4 Å². The molecule has 0 aliphatic heterocycles. The van der Waals surface area contributed by atoms with Gasteiger partial charge in [-0.2, -0.15) is 0 Å². The van der Waals surface area contributed by atoms with Crippen molar-refractivity contribution >= 4 is 29.1 Å². The highest BCUT2D eigenvalue weighted by Crippen LogP contribution is 2.21. The Morgan fingerprint density at radius 2 is 2.43 bits per heavy atom. The fraction of sp³-hybridized carbons (Fsp3) is 0.222. The van der Waals surface area contributed by atoms with Gasteiger partial charge in [0, 0.05) is 5.69 Å². The van der Waals surface area contributed by atoms with E-state index < -0.39 is 5.97 Å².